The third kappa shape index (κ3) is 1.87. The molecule has 1 aromatic heterocycles. The molecule has 1 saturated heterocycles. The van der Waals surface area contributed by atoms with E-state index >= 15 is 0 Å². The molecule has 2 heterocycles. The molecule has 1 aliphatic rings. The van der Waals surface area contributed by atoms with Gasteiger partial charge in [-0.15, -0.1) is 11.3 Å². The van der Waals surface area contributed by atoms with Crippen LogP contribution >= 0.6 is 11.3 Å². The van der Waals surface area contributed by atoms with Crippen LogP contribution in [-0.2, 0) is 6.42 Å². The fourth-order valence-corrected chi connectivity index (χ4v) is 2.73. The summed E-state index contributed by atoms with van der Waals surface area (Å²) in [6, 6.07) is 4.40. The van der Waals surface area contributed by atoms with Crippen LogP contribution in [0, 0.1) is 5.92 Å². The summed E-state index contributed by atoms with van der Waals surface area (Å²) in [5, 5.41) is 2.17. The Morgan fingerprint density at radius 1 is 1.67 bits per heavy atom. The first kappa shape index (κ1) is 8.27. The van der Waals surface area contributed by atoms with Gasteiger partial charge in [-0.25, -0.2) is 0 Å². The van der Waals surface area contributed by atoms with E-state index in [1.54, 1.807) is 4.88 Å². The minimum atomic E-state index is 0.911. The molecule has 0 aromatic carbocycles. The Hall–Kier alpha value is -0.340. The van der Waals surface area contributed by atoms with Crippen molar-refractivity contribution in [2.75, 3.05) is 20.1 Å². The van der Waals surface area contributed by atoms with Gasteiger partial charge in [0, 0.05) is 11.4 Å². The molecule has 1 aromatic rings. The number of hydrogen-bond acceptors (Lipinski definition) is 2. The fraction of sp³-hybridized carbons (Fsp3) is 0.600. The summed E-state index contributed by atoms with van der Waals surface area (Å²) in [6.07, 6.45) is 2.68. The first-order chi connectivity index (χ1) is 5.84. The maximum Gasteiger partial charge on any atom is 0.00484 e. The van der Waals surface area contributed by atoms with Gasteiger partial charge < -0.3 is 4.90 Å². The Labute approximate surface area is 78.0 Å². The maximum atomic E-state index is 2.43. The van der Waals surface area contributed by atoms with Gasteiger partial charge in [0.2, 0.25) is 0 Å². The average molecular weight is 181 g/mol. The second-order valence-electron chi connectivity index (χ2n) is 3.70. The molecule has 0 radical (unpaired) electrons. The van der Waals surface area contributed by atoms with Gasteiger partial charge in [-0.3, -0.25) is 0 Å². The van der Waals surface area contributed by atoms with Crippen molar-refractivity contribution in [3.8, 4) is 0 Å². The molecule has 0 spiro atoms. The fourth-order valence-electron chi connectivity index (χ4n) is 1.91. The minimum absolute atomic E-state index is 0.911. The van der Waals surface area contributed by atoms with Crippen molar-refractivity contribution in [2.45, 2.75) is 12.8 Å². The van der Waals surface area contributed by atoms with E-state index in [2.05, 4.69) is 29.5 Å². The zero-order valence-corrected chi connectivity index (χ0v) is 8.31. The first-order valence-corrected chi connectivity index (χ1v) is 5.43. The lowest BCUT2D eigenvalue weighted by Gasteiger charge is -2.08. The zero-order valence-electron chi connectivity index (χ0n) is 7.49. The van der Waals surface area contributed by atoms with Gasteiger partial charge >= 0.3 is 0 Å². The number of rotatable bonds is 2. The zero-order chi connectivity index (χ0) is 8.39. The number of hydrogen-bond donors (Lipinski definition) is 0. The van der Waals surface area contributed by atoms with Gasteiger partial charge in [0.1, 0.15) is 0 Å². The normalized spacial score (nSPS) is 24.9. The summed E-state index contributed by atoms with van der Waals surface area (Å²) < 4.78 is 0. The highest BCUT2D eigenvalue weighted by molar-refractivity contribution is 7.09. The lowest BCUT2D eigenvalue weighted by atomic mass is 10.0. The van der Waals surface area contributed by atoms with E-state index in [1.807, 2.05) is 11.3 Å². The first-order valence-electron chi connectivity index (χ1n) is 4.55. The van der Waals surface area contributed by atoms with Crippen LogP contribution in [0.4, 0.5) is 0 Å². The molecule has 1 unspecified atom stereocenters. The summed E-state index contributed by atoms with van der Waals surface area (Å²) in [5.74, 6) is 0.911. The van der Waals surface area contributed by atoms with Crippen LogP contribution in [-0.4, -0.2) is 25.0 Å². The quantitative estimate of drug-likeness (QED) is 0.676. The van der Waals surface area contributed by atoms with Crippen LogP contribution in [0.25, 0.3) is 0 Å². The van der Waals surface area contributed by atoms with Crippen LogP contribution < -0.4 is 0 Å². The molecule has 1 nitrogen and oxygen atoms in total. The monoisotopic (exact) mass is 181 g/mol. The molecule has 1 fully saturated rings. The van der Waals surface area contributed by atoms with Crippen LogP contribution in [0.15, 0.2) is 17.5 Å². The summed E-state index contributed by atoms with van der Waals surface area (Å²) >= 11 is 1.89. The number of thiophene rings is 1. The molecule has 0 aliphatic carbocycles. The van der Waals surface area contributed by atoms with Gasteiger partial charge in [-0.2, -0.15) is 0 Å². The summed E-state index contributed by atoms with van der Waals surface area (Å²) in [6.45, 7) is 2.58. The average Bonchev–Trinajstić information content (AvgIpc) is 2.63. The van der Waals surface area contributed by atoms with Crippen molar-refractivity contribution < 1.29 is 0 Å². The van der Waals surface area contributed by atoms with Crippen molar-refractivity contribution >= 4 is 11.3 Å². The molecule has 12 heavy (non-hydrogen) atoms. The molecule has 0 amide bonds. The smallest absolute Gasteiger partial charge is 0.00484 e. The summed E-state index contributed by atoms with van der Waals surface area (Å²) in [5.41, 5.74) is 0. The third-order valence-electron chi connectivity index (χ3n) is 2.56. The molecule has 1 atom stereocenters. The van der Waals surface area contributed by atoms with Crippen molar-refractivity contribution in [2.24, 2.45) is 5.92 Å². The Morgan fingerprint density at radius 3 is 3.17 bits per heavy atom. The van der Waals surface area contributed by atoms with E-state index in [0.717, 1.165) is 5.92 Å². The summed E-state index contributed by atoms with van der Waals surface area (Å²) in [4.78, 5) is 3.98. The topological polar surface area (TPSA) is 3.24 Å². The van der Waals surface area contributed by atoms with Crippen molar-refractivity contribution in [1.29, 1.82) is 0 Å². The Balaban J connectivity index is 1.88. The standard InChI is InChI=1S/C10H15NS/c1-11-5-4-9(8-11)7-10-3-2-6-12-10/h2-3,6,9H,4-5,7-8H2,1H3. The Bertz CT molecular complexity index is 230. The van der Waals surface area contributed by atoms with Crippen molar-refractivity contribution in [3.05, 3.63) is 22.4 Å². The number of nitrogens with zero attached hydrogens (tertiary/aromatic N) is 1. The lowest BCUT2D eigenvalue weighted by molar-refractivity contribution is 0.395. The van der Waals surface area contributed by atoms with E-state index in [-0.39, 0.29) is 0 Å². The van der Waals surface area contributed by atoms with Gasteiger partial charge in [0.25, 0.3) is 0 Å². The summed E-state index contributed by atoms with van der Waals surface area (Å²) in [7, 11) is 2.22. The Morgan fingerprint density at radius 2 is 2.58 bits per heavy atom. The van der Waals surface area contributed by atoms with Crippen LogP contribution in [0.3, 0.4) is 0 Å². The molecule has 0 bridgehead atoms. The highest BCUT2D eigenvalue weighted by Crippen LogP contribution is 2.21. The van der Waals surface area contributed by atoms with E-state index in [4.69, 9.17) is 0 Å². The second kappa shape index (κ2) is 3.58. The molecular weight excluding hydrogens is 166 g/mol. The predicted octanol–water partition coefficient (Wildman–Crippen LogP) is 2.24. The molecular formula is C10H15NS. The molecule has 1 aliphatic heterocycles. The molecule has 0 N–H and O–H groups in total. The van der Waals surface area contributed by atoms with E-state index < -0.39 is 0 Å². The third-order valence-corrected chi connectivity index (χ3v) is 3.46. The van der Waals surface area contributed by atoms with Gasteiger partial charge in [-0.1, -0.05) is 6.07 Å². The predicted molar refractivity (Wildman–Crippen MR) is 53.6 cm³/mol. The minimum Gasteiger partial charge on any atom is -0.306 e. The highest BCUT2D eigenvalue weighted by Gasteiger charge is 2.19. The highest BCUT2D eigenvalue weighted by atomic mass is 32.1. The molecule has 2 rings (SSSR count). The van der Waals surface area contributed by atoms with Crippen LogP contribution in [0.1, 0.15) is 11.3 Å². The van der Waals surface area contributed by atoms with Crippen molar-refractivity contribution in [3.63, 3.8) is 0 Å². The second-order valence-corrected chi connectivity index (χ2v) is 4.73. The molecule has 2 heteroatoms. The van der Waals surface area contributed by atoms with E-state index in [9.17, 15) is 0 Å². The van der Waals surface area contributed by atoms with Gasteiger partial charge in [0.15, 0.2) is 0 Å². The van der Waals surface area contributed by atoms with Gasteiger partial charge in [-0.05, 0) is 43.8 Å². The largest absolute Gasteiger partial charge is 0.306 e. The Kier molecular flexibility index (Phi) is 2.47. The van der Waals surface area contributed by atoms with Crippen LogP contribution in [0.2, 0.25) is 0 Å². The number of likely N-dealkylation sites (tertiary alicyclic amines) is 1. The SMILES string of the molecule is CN1CCC(Cc2cccs2)C1. The lowest BCUT2D eigenvalue weighted by Crippen LogP contribution is -2.14. The molecule has 66 valence electrons. The molecule has 0 saturated carbocycles. The van der Waals surface area contributed by atoms with E-state index in [0.29, 0.717) is 0 Å². The van der Waals surface area contributed by atoms with E-state index in [1.165, 1.54) is 25.9 Å². The maximum absolute atomic E-state index is 2.43. The van der Waals surface area contributed by atoms with Crippen molar-refractivity contribution in [1.82, 2.24) is 4.90 Å². The van der Waals surface area contributed by atoms with Crippen LogP contribution in [0.5, 0.6) is 0 Å². The van der Waals surface area contributed by atoms with Gasteiger partial charge in [0.05, 0.1) is 0 Å².